The van der Waals surface area contributed by atoms with Gasteiger partial charge in [0.05, 0.1) is 0 Å². The molecular formula is C13H26N4. The zero-order chi connectivity index (χ0) is 13.1. The van der Waals surface area contributed by atoms with Crippen LogP contribution < -0.4 is 5.32 Å². The van der Waals surface area contributed by atoms with Crippen molar-refractivity contribution in [2.75, 3.05) is 6.54 Å². The van der Waals surface area contributed by atoms with Gasteiger partial charge in [0.2, 0.25) is 0 Å². The molecular weight excluding hydrogens is 212 g/mol. The van der Waals surface area contributed by atoms with E-state index in [1.807, 2.05) is 4.68 Å². The van der Waals surface area contributed by atoms with Crippen LogP contribution in [0.5, 0.6) is 0 Å². The molecule has 0 radical (unpaired) electrons. The summed E-state index contributed by atoms with van der Waals surface area (Å²) in [6.07, 6.45) is 2.58. The molecule has 1 heterocycles. The van der Waals surface area contributed by atoms with Crippen molar-refractivity contribution in [3.8, 4) is 0 Å². The summed E-state index contributed by atoms with van der Waals surface area (Å²) >= 11 is 0. The minimum atomic E-state index is 0.226. The first-order chi connectivity index (χ1) is 7.86. The van der Waals surface area contributed by atoms with E-state index >= 15 is 0 Å². The van der Waals surface area contributed by atoms with Gasteiger partial charge in [0.25, 0.3) is 0 Å². The lowest BCUT2D eigenvalue weighted by atomic mass is 9.84. The van der Waals surface area contributed by atoms with Crippen LogP contribution in [0.15, 0.2) is 6.33 Å². The van der Waals surface area contributed by atoms with Gasteiger partial charge < -0.3 is 5.32 Å². The van der Waals surface area contributed by atoms with E-state index in [1.165, 1.54) is 0 Å². The van der Waals surface area contributed by atoms with Gasteiger partial charge in [0, 0.05) is 18.5 Å². The molecule has 0 aliphatic heterocycles. The zero-order valence-corrected chi connectivity index (χ0v) is 12.0. The number of rotatable bonds is 5. The molecule has 0 aliphatic carbocycles. The van der Waals surface area contributed by atoms with Gasteiger partial charge in [-0.25, -0.2) is 9.67 Å². The average Bonchev–Trinajstić information content (AvgIpc) is 2.63. The monoisotopic (exact) mass is 238 g/mol. The van der Waals surface area contributed by atoms with Crippen LogP contribution in [0.3, 0.4) is 0 Å². The van der Waals surface area contributed by atoms with Crippen molar-refractivity contribution < 1.29 is 0 Å². The number of aromatic nitrogens is 3. The summed E-state index contributed by atoms with van der Waals surface area (Å²) in [4.78, 5) is 4.38. The molecule has 0 saturated carbocycles. The summed E-state index contributed by atoms with van der Waals surface area (Å²) < 4.78 is 2.01. The van der Waals surface area contributed by atoms with E-state index in [0.717, 1.165) is 18.8 Å². The molecule has 0 aliphatic rings. The molecule has 4 nitrogen and oxygen atoms in total. The van der Waals surface area contributed by atoms with Crippen LogP contribution in [0, 0.1) is 5.41 Å². The number of nitrogens with one attached hydrogen (secondary N) is 1. The van der Waals surface area contributed by atoms with Gasteiger partial charge in [-0.1, -0.05) is 27.7 Å². The average molecular weight is 238 g/mol. The summed E-state index contributed by atoms with van der Waals surface area (Å²) in [5, 5.41) is 7.83. The van der Waals surface area contributed by atoms with Crippen LogP contribution in [0.25, 0.3) is 0 Å². The van der Waals surface area contributed by atoms with Crippen molar-refractivity contribution in [2.24, 2.45) is 5.41 Å². The summed E-state index contributed by atoms with van der Waals surface area (Å²) in [5.41, 5.74) is 0.226. The molecule has 0 amide bonds. The van der Waals surface area contributed by atoms with Gasteiger partial charge in [-0.05, 0) is 25.8 Å². The lowest BCUT2D eigenvalue weighted by molar-refractivity contribution is 0.263. The Morgan fingerprint density at radius 2 is 2.00 bits per heavy atom. The van der Waals surface area contributed by atoms with E-state index in [0.29, 0.717) is 12.1 Å². The van der Waals surface area contributed by atoms with Gasteiger partial charge in [0.15, 0.2) is 0 Å². The third-order valence-corrected chi connectivity index (χ3v) is 3.02. The lowest BCUT2D eigenvalue weighted by Crippen LogP contribution is -2.42. The maximum Gasteiger partial charge on any atom is 0.138 e. The highest BCUT2D eigenvalue weighted by molar-refractivity contribution is 4.95. The van der Waals surface area contributed by atoms with Crippen molar-refractivity contribution in [3.63, 3.8) is 0 Å². The van der Waals surface area contributed by atoms with Crippen molar-refractivity contribution in [2.45, 2.75) is 60.0 Å². The smallest absolute Gasteiger partial charge is 0.138 e. The quantitative estimate of drug-likeness (QED) is 0.856. The van der Waals surface area contributed by atoms with E-state index in [1.54, 1.807) is 6.33 Å². The molecule has 1 aromatic heterocycles. The van der Waals surface area contributed by atoms with Crippen LogP contribution in [-0.2, 0) is 6.42 Å². The van der Waals surface area contributed by atoms with Crippen LogP contribution in [0.4, 0.5) is 0 Å². The zero-order valence-electron chi connectivity index (χ0n) is 12.0. The molecule has 17 heavy (non-hydrogen) atoms. The molecule has 1 N–H and O–H groups in total. The standard InChI is InChI=1S/C13H26N4/c1-7-14-11(13(4,5)6)8-12-15-9-16-17(12)10(2)3/h9-11,14H,7-8H2,1-6H3. The molecule has 0 aromatic carbocycles. The minimum absolute atomic E-state index is 0.226. The van der Waals surface area contributed by atoms with Crippen molar-refractivity contribution in [3.05, 3.63) is 12.2 Å². The predicted molar refractivity (Wildman–Crippen MR) is 71.0 cm³/mol. The fraction of sp³-hybridized carbons (Fsp3) is 0.846. The fourth-order valence-corrected chi connectivity index (χ4v) is 1.97. The van der Waals surface area contributed by atoms with Gasteiger partial charge in [0.1, 0.15) is 12.2 Å². The first-order valence-electron chi connectivity index (χ1n) is 6.48. The Bertz CT molecular complexity index is 335. The van der Waals surface area contributed by atoms with Gasteiger partial charge in [-0.15, -0.1) is 0 Å². The van der Waals surface area contributed by atoms with Crippen LogP contribution in [-0.4, -0.2) is 27.4 Å². The SMILES string of the molecule is CCNC(Cc1ncnn1C(C)C)C(C)(C)C. The van der Waals surface area contributed by atoms with Crippen molar-refractivity contribution in [1.82, 2.24) is 20.1 Å². The second-order valence-electron chi connectivity index (χ2n) is 5.89. The summed E-state index contributed by atoms with van der Waals surface area (Å²) in [6.45, 7) is 14.2. The van der Waals surface area contributed by atoms with E-state index in [4.69, 9.17) is 0 Å². The predicted octanol–water partition coefficient (Wildman–Crippen LogP) is 2.43. The number of hydrogen-bond donors (Lipinski definition) is 1. The highest BCUT2D eigenvalue weighted by atomic mass is 15.3. The molecule has 0 fully saturated rings. The van der Waals surface area contributed by atoms with E-state index in [-0.39, 0.29) is 5.41 Å². The van der Waals surface area contributed by atoms with E-state index < -0.39 is 0 Å². The van der Waals surface area contributed by atoms with Gasteiger partial charge in [-0.3, -0.25) is 0 Å². The molecule has 1 rings (SSSR count). The number of nitrogens with zero attached hydrogens (tertiary/aromatic N) is 3. The molecule has 1 atom stereocenters. The maximum atomic E-state index is 4.38. The minimum Gasteiger partial charge on any atom is -0.313 e. The largest absolute Gasteiger partial charge is 0.313 e. The Kier molecular flexibility index (Phi) is 4.69. The summed E-state index contributed by atoms with van der Waals surface area (Å²) in [6, 6.07) is 0.795. The van der Waals surface area contributed by atoms with Crippen LogP contribution in [0.1, 0.15) is 53.4 Å². The lowest BCUT2D eigenvalue weighted by Gasteiger charge is -2.31. The Morgan fingerprint density at radius 1 is 1.35 bits per heavy atom. The van der Waals surface area contributed by atoms with Gasteiger partial charge >= 0.3 is 0 Å². The molecule has 0 bridgehead atoms. The Morgan fingerprint density at radius 3 is 2.47 bits per heavy atom. The third kappa shape index (κ3) is 3.80. The highest BCUT2D eigenvalue weighted by Gasteiger charge is 2.25. The Labute approximate surface area is 105 Å². The number of likely N-dealkylation sites (N-methyl/N-ethyl adjacent to an activating group) is 1. The van der Waals surface area contributed by atoms with Gasteiger partial charge in [-0.2, -0.15) is 5.10 Å². The second-order valence-corrected chi connectivity index (χ2v) is 5.89. The van der Waals surface area contributed by atoms with Crippen LogP contribution >= 0.6 is 0 Å². The molecule has 0 spiro atoms. The highest BCUT2D eigenvalue weighted by Crippen LogP contribution is 2.22. The maximum absolute atomic E-state index is 4.38. The second kappa shape index (κ2) is 5.63. The summed E-state index contributed by atoms with van der Waals surface area (Å²) in [7, 11) is 0. The topological polar surface area (TPSA) is 42.7 Å². The molecule has 1 unspecified atom stereocenters. The Hall–Kier alpha value is -0.900. The first kappa shape index (κ1) is 14.2. The molecule has 0 saturated heterocycles. The van der Waals surface area contributed by atoms with E-state index in [2.05, 4.69) is 56.9 Å². The first-order valence-corrected chi connectivity index (χ1v) is 6.48. The molecule has 1 aromatic rings. The molecule has 98 valence electrons. The molecule has 4 heteroatoms. The third-order valence-electron chi connectivity index (χ3n) is 3.02. The van der Waals surface area contributed by atoms with E-state index in [9.17, 15) is 0 Å². The van der Waals surface area contributed by atoms with Crippen LogP contribution in [0.2, 0.25) is 0 Å². The fourth-order valence-electron chi connectivity index (χ4n) is 1.97. The van der Waals surface area contributed by atoms with Crippen molar-refractivity contribution >= 4 is 0 Å². The van der Waals surface area contributed by atoms with Crippen molar-refractivity contribution in [1.29, 1.82) is 0 Å². The Balaban J connectivity index is 2.82. The normalized spacial score (nSPS) is 14.3. The number of hydrogen-bond acceptors (Lipinski definition) is 3. The summed E-state index contributed by atoms with van der Waals surface area (Å²) in [5.74, 6) is 1.07.